The Hall–Kier alpha value is -0.370. The van der Waals surface area contributed by atoms with E-state index in [4.69, 9.17) is 5.48 Å². The van der Waals surface area contributed by atoms with E-state index in [1.807, 2.05) is 6.92 Å². The van der Waals surface area contributed by atoms with Crippen molar-refractivity contribution < 1.29 is 15.4 Å². The molecule has 4 aliphatic carbocycles. The second kappa shape index (κ2) is 5.31. The molecule has 8 atom stereocenters. The number of hydrogen-bond acceptors (Lipinski definition) is 2. The van der Waals surface area contributed by atoms with Gasteiger partial charge in [0.1, 0.15) is 5.78 Å². The molecule has 1 N–H and O–H groups in total. The van der Waals surface area contributed by atoms with E-state index in [9.17, 15) is 9.90 Å². The Bertz CT molecular complexity index is 650. The standard InChI is InChI=1S/C21H34O2/c1-13(22)17-6-7-18-16-5-4-14-12-15(23)8-10-20(14,2)19(16)9-11-21(17,18)3/h14-19,23H,4-12H2,1-3H3/t14-,15+,16-,17?,18-,19-,20-,21+/m0/s1/i9D2,11D2. The van der Waals surface area contributed by atoms with Crippen LogP contribution in [0.1, 0.15) is 83.9 Å². The molecule has 2 heteroatoms. The smallest absolute Gasteiger partial charge is 0.133 e. The Kier molecular flexibility index (Phi) is 2.79. The van der Waals surface area contributed by atoms with Crippen LogP contribution in [0.4, 0.5) is 0 Å². The SMILES string of the molecule is [2H]C1([2H])[C@H]2[C@@H](CC[C@H]3C[C@H](O)CC[C@@]32C)[C@@H]2CCC(C(C)=O)[C@@]2(C)C1([2H])[2H]. The Balaban J connectivity index is 1.84. The maximum atomic E-state index is 12.4. The molecular formula is C21H34O2. The summed E-state index contributed by atoms with van der Waals surface area (Å²) in [5.41, 5.74) is -1.20. The molecule has 0 aromatic heterocycles. The van der Waals surface area contributed by atoms with Gasteiger partial charge in [-0.3, -0.25) is 4.79 Å². The van der Waals surface area contributed by atoms with Crippen LogP contribution in [0.3, 0.4) is 0 Å². The van der Waals surface area contributed by atoms with Crippen LogP contribution in [0.2, 0.25) is 0 Å². The average Bonchev–Trinajstić information content (AvgIpc) is 2.92. The van der Waals surface area contributed by atoms with E-state index >= 15 is 0 Å². The molecule has 0 radical (unpaired) electrons. The first-order valence-corrected chi connectivity index (χ1v) is 9.57. The highest BCUT2D eigenvalue weighted by Crippen LogP contribution is 2.67. The Morgan fingerprint density at radius 1 is 1.09 bits per heavy atom. The highest BCUT2D eigenvalue weighted by Gasteiger charge is 2.60. The molecule has 4 fully saturated rings. The van der Waals surface area contributed by atoms with Crippen molar-refractivity contribution in [1.82, 2.24) is 0 Å². The van der Waals surface area contributed by atoms with E-state index in [-0.39, 0.29) is 46.9 Å². The zero-order chi connectivity index (χ0) is 20.0. The average molecular weight is 323 g/mol. The number of ketones is 1. The second-order valence-electron chi connectivity index (χ2n) is 9.25. The first kappa shape index (κ1) is 12.1. The fraction of sp³-hybridized carbons (Fsp3) is 0.952. The maximum Gasteiger partial charge on any atom is 0.133 e. The van der Waals surface area contributed by atoms with Gasteiger partial charge in [0.05, 0.1) is 6.10 Å². The molecule has 0 spiro atoms. The first-order chi connectivity index (χ1) is 12.4. The van der Waals surface area contributed by atoms with Crippen molar-refractivity contribution in [2.75, 3.05) is 0 Å². The molecule has 4 rings (SSSR count). The third-order valence-electron chi connectivity index (χ3n) is 8.26. The largest absolute Gasteiger partial charge is 0.393 e. The van der Waals surface area contributed by atoms with Crippen LogP contribution in [0, 0.1) is 40.4 Å². The molecule has 4 aliphatic rings. The molecule has 130 valence electrons. The van der Waals surface area contributed by atoms with Crippen molar-refractivity contribution in [3.63, 3.8) is 0 Å². The van der Waals surface area contributed by atoms with E-state index in [1.165, 1.54) is 0 Å². The van der Waals surface area contributed by atoms with Crippen LogP contribution in [0.25, 0.3) is 0 Å². The van der Waals surface area contributed by atoms with E-state index in [0.29, 0.717) is 12.8 Å². The molecule has 0 amide bonds. The summed E-state index contributed by atoms with van der Waals surface area (Å²) in [7, 11) is 0. The van der Waals surface area contributed by atoms with Crippen molar-refractivity contribution in [2.24, 2.45) is 40.4 Å². The monoisotopic (exact) mass is 322 g/mol. The summed E-state index contributed by atoms with van der Waals surface area (Å²) in [6.07, 6.45) is 1.28. The third kappa shape index (κ3) is 2.19. The highest BCUT2D eigenvalue weighted by atomic mass is 16.3. The lowest BCUT2D eigenvalue weighted by atomic mass is 9.44. The molecule has 0 bridgehead atoms. The van der Waals surface area contributed by atoms with Gasteiger partial charge in [-0.05, 0) is 99.1 Å². The van der Waals surface area contributed by atoms with Crippen molar-refractivity contribution >= 4 is 5.78 Å². The molecule has 0 saturated heterocycles. The lowest BCUT2D eigenvalue weighted by molar-refractivity contribution is -0.138. The minimum atomic E-state index is -2.04. The fourth-order valence-electron chi connectivity index (χ4n) is 6.91. The number of hydrogen-bond donors (Lipinski definition) is 1. The van der Waals surface area contributed by atoms with Gasteiger partial charge in [0.25, 0.3) is 0 Å². The normalized spacial score (nSPS) is 62.6. The lowest BCUT2D eigenvalue weighted by Crippen LogP contribution is -2.54. The molecule has 1 unspecified atom stereocenters. The molecule has 2 nitrogen and oxygen atoms in total. The predicted molar refractivity (Wildman–Crippen MR) is 91.9 cm³/mol. The number of carbonyl (C=O) groups excluding carboxylic acids is 1. The Morgan fingerprint density at radius 3 is 2.61 bits per heavy atom. The van der Waals surface area contributed by atoms with Crippen LogP contribution in [-0.4, -0.2) is 17.0 Å². The summed E-state index contributed by atoms with van der Waals surface area (Å²) < 4.78 is 36.2. The van der Waals surface area contributed by atoms with Gasteiger partial charge >= 0.3 is 0 Å². The highest BCUT2D eigenvalue weighted by molar-refractivity contribution is 5.79. The van der Waals surface area contributed by atoms with E-state index < -0.39 is 18.2 Å². The molecule has 0 aromatic rings. The first-order valence-electron chi connectivity index (χ1n) is 11.6. The van der Waals surface area contributed by atoms with Gasteiger partial charge < -0.3 is 5.11 Å². The number of aliphatic hydroxyl groups excluding tert-OH is 1. The molecule has 4 saturated carbocycles. The number of aliphatic hydroxyl groups is 1. The number of fused-ring (bicyclic) bond motifs is 5. The summed E-state index contributed by atoms with van der Waals surface area (Å²) in [6.45, 7) is 5.58. The maximum absolute atomic E-state index is 12.4. The molecular weight excluding hydrogens is 284 g/mol. The Labute approximate surface area is 147 Å². The molecule has 0 aromatic carbocycles. The molecule has 0 aliphatic heterocycles. The van der Waals surface area contributed by atoms with Crippen LogP contribution >= 0.6 is 0 Å². The lowest BCUT2D eigenvalue weighted by Gasteiger charge is -2.60. The number of carbonyl (C=O) groups is 1. The predicted octanol–water partition coefficient (Wildman–Crippen LogP) is 4.60. The van der Waals surface area contributed by atoms with Crippen LogP contribution in [-0.2, 0) is 4.79 Å². The van der Waals surface area contributed by atoms with E-state index in [1.54, 1.807) is 6.92 Å². The van der Waals surface area contributed by atoms with Gasteiger partial charge in [-0.15, -0.1) is 0 Å². The van der Waals surface area contributed by atoms with Gasteiger partial charge in [-0.25, -0.2) is 0 Å². The van der Waals surface area contributed by atoms with Crippen molar-refractivity contribution in [2.45, 2.75) is 84.6 Å². The minimum Gasteiger partial charge on any atom is -0.393 e. The zero-order valence-corrected chi connectivity index (χ0v) is 14.8. The van der Waals surface area contributed by atoms with Crippen molar-refractivity contribution in [3.05, 3.63) is 0 Å². The van der Waals surface area contributed by atoms with Gasteiger partial charge in [-0.2, -0.15) is 0 Å². The number of rotatable bonds is 1. The number of Topliss-reactive ketones (excluding diaryl/α,β-unsaturated/α-hetero) is 1. The van der Waals surface area contributed by atoms with Gasteiger partial charge in [0.2, 0.25) is 0 Å². The quantitative estimate of drug-likeness (QED) is 0.766. The third-order valence-corrected chi connectivity index (χ3v) is 8.26. The zero-order valence-electron chi connectivity index (χ0n) is 18.8. The molecule has 23 heavy (non-hydrogen) atoms. The Morgan fingerprint density at radius 2 is 1.87 bits per heavy atom. The summed E-state index contributed by atoms with van der Waals surface area (Å²) in [5, 5.41) is 10.2. The summed E-state index contributed by atoms with van der Waals surface area (Å²) in [5.74, 6) is -0.238. The summed E-state index contributed by atoms with van der Waals surface area (Å²) in [4.78, 5) is 12.4. The van der Waals surface area contributed by atoms with E-state index in [2.05, 4.69) is 6.92 Å². The van der Waals surface area contributed by atoms with Crippen LogP contribution < -0.4 is 0 Å². The topological polar surface area (TPSA) is 37.3 Å². The van der Waals surface area contributed by atoms with Gasteiger partial charge in [0.15, 0.2) is 0 Å². The van der Waals surface area contributed by atoms with Crippen molar-refractivity contribution in [1.29, 1.82) is 0 Å². The minimum absolute atomic E-state index is 0.0128. The van der Waals surface area contributed by atoms with Crippen LogP contribution in [0.15, 0.2) is 0 Å². The van der Waals surface area contributed by atoms with Gasteiger partial charge in [0, 0.05) is 11.4 Å². The summed E-state index contributed by atoms with van der Waals surface area (Å²) >= 11 is 0. The fourth-order valence-corrected chi connectivity index (χ4v) is 6.91. The van der Waals surface area contributed by atoms with Crippen molar-refractivity contribution in [3.8, 4) is 0 Å². The van der Waals surface area contributed by atoms with Gasteiger partial charge in [-0.1, -0.05) is 13.8 Å². The van der Waals surface area contributed by atoms with Crippen LogP contribution in [0.5, 0.6) is 0 Å². The summed E-state index contributed by atoms with van der Waals surface area (Å²) in [6, 6.07) is 0. The molecule has 0 heterocycles. The second-order valence-corrected chi connectivity index (χ2v) is 9.25. The van der Waals surface area contributed by atoms with E-state index in [0.717, 1.165) is 32.1 Å².